The Morgan fingerprint density at radius 3 is 2.59 bits per heavy atom. The zero-order chi connectivity index (χ0) is 12.6. The first-order valence-electron chi connectivity index (χ1n) is 5.72. The fraction of sp³-hybridized carbons (Fsp3) is 0.267. The molecule has 0 saturated heterocycles. The normalized spacial score (nSPS) is 11.1. The van der Waals surface area contributed by atoms with Crippen LogP contribution >= 0.6 is 0 Å². The van der Waals surface area contributed by atoms with Crippen molar-refractivity contribution in [3.8, 4) is 0 Å². The van der Waals surface area contributed by atoms with Crippen molar-refractivity contribution in [2.45, 2.75) is 26.7 Å². The highest BCUT2D eigenvalue weighted by Crippen LogP contribution is 2.26. The molecule has 0 unspecified atom stereocenters. The van der Waals surface area contributed by atoms with Crippen LogP contribution in [0.25, 0.3) is 16.5 Å². The van der Waals surface area contributed by atoms with Crippen molar-refractivity contribution in [1.29, 1.82) is 0 Å². The Morgan fingerprint density at radius 1 is 1.29 bits per heavy atom. The van der Waals surface area contributed by atoms with Crippen LogP contribution in [-0.2, 0) is 0 Å². The van der Waals surface area contributed by atoms with Crippen LogP contribution in [0, 0.1) is 0 Å². The lowest BCUT2D eigenvalue weighted by Crippen LogP contribution is -2.02. The average molecular weight is 228 g/mol. The second-order valence-electron chi connectivity index (χ2n) is 4.67. The zero-order valence-electron chi connectivity index (χ0n) is 10.4. The highest BCUT2D eigenvalue weighted by molar-refractivity contribution is 5.84. The summed E-state index contributed by atoms with van der Waals surface area (Å²) >= 11 is 0. The molecule has 0 radical (unpaired) electrons. The van der Waals surface area contributed by atoms with Crippen LogP contribution in [0.5, 0.6) is 0 Å². The van der Waals surface area contributed by atoms with Gasteiger partial charge in [0.15, 0.2) is 0 Å². The Morgan fingerprint density at radius 2 is 2.00 bits per heavy atom. The molecule has 0 fully saturated rings. The highest BCUT2D eigenvalue weighted by atomic mass is 16.4. The zero-order valence-corrected chi connectivity index (χ0v) is 10.4. The fourth-order valence-corrected chi connectivity index (χ4v) is 1.93. The number of rotatable bonds is 2. The monoisotopic (exact) mass is 228 g/mol. The second-order valence-corrected chi connectivity index (χ2v) is 4.67. The third-order valence-corrected chi connectivity index (χ3v) is 2.89. The van der Waals surface area contributed by atoms with E-state index in [4.69, 9.17) is 4.42 Å². The predicted molar refractivity (Wildman–Crippen MR) is 71.3 cm³/mol. The summed E-state index contributed by atoms with van der Waals surface area (Å²) in [7, 11) is 0. The van der Waals surface area contributed by atoms with E-state index in [0.717, 1.165) is 22.1 Å². The van der Waals surface area contributed by atoms with Gasteiger partial charge in [-0.2, -0.15) is 0 Å². The Hall–Kier alpha value is -1.83. The van der Waals surface area contributed by atoms with E-state index in [-0.39, 0.29) is 5.63 Å². The molecule has 0 saturated carbocycles. The van der Waals surface area contributed by atoms with Gasteiger partial charge in [-0.05, 0) is 30.0 Å². The summed E-state index contributed by atoms with van der Waals surface area (Å²) in [6.07, 6.45) is 0. The molecule has 0 aliphatic heterocycles. The van der Waals surface area contributed by atoms with Gasteiger partial charge in [-0.1, -0.05) is 38.1 Å². The average Bonchev–Trinajstić information content (AvgIpc) is 2.26. The standard InChI is InChI=1S/C15H16O2/c1-9(2)11-5-6-12-13(10(3)4)8-15(16)17-14(12)7-11/h5-8,10H,1H2,2-4H3. The topological polar surface area (TPSA) is 30.2 Å². The van der Waals surface area contributed by atoms with Crippen LogP contribution in [0.4, 0.5) is 0 Å². The van der Waals surface area contributed by atoms with Gasteiger partial charge in [0.1, 0.15) is 5.58 Å². The van der Waals surface area contributed by atoms with Crippen LogP contribution < -0.4 is 5.63 Å². The van der Waals surface area contributed by atoms with Gasteiger partial charge in [0.2, 0.25) is 0 Å². The smallest absolute Gasteiger partial charge is 0.336 e. The number of benzene rings is 1. The van der Waals surface area contributed by atoms with Crippen molar-refractivity contribution in [2.75, 3.05) is 0 Å². The van der Waals surface area contributed by atoms with Crippen molar-refractivity contribution in [1.82, 2.24) is 0 Å². The molecular formula is C15H16O2. The van der Waals surface area contributed by atoms with E-state index in [1.54, 1.807) is 6.07 Å². The first kappa shape index (κ1) is 11.6. The van der Waals surface area contributed by atoms with E-state index >= 15 is 0 Å². The Balaban J connectivity index is 2.80. The van der Waals surface area contributed by atoms with Gasteiger partial charge in [0.25, 0.3) is 0 Å². The van der Waals surface area contributed by atoms with Crippen molar-refractivity contribution in [3.63, 3.8) is 0 Å². The molecule has 17 heavy (non-hydrogen) atoms. The minimum Gasteiger partial charge on any atom is -0.423 e. The number of allylic oxidation sites excluding steroid dienone is 1. The maximum Gasteiger partial charge on any atom is 0.336 e. The minimum atomic E-state index is -0.292. The lowest BCUT2D eigenvalue weighted by Gasteiger charge is -2.09. The highest BCUT2D eigenvalue weighted by Gasteiger charge is 2.09. The number of hydrogen-bond acceptors (Lipinski definition) is 2. The fourth-order valence-electron chi connectivity index (χ4n) is 1.93. The maximum absolute atomic E-state index is 11.5. The molecule has 0 aliphatic carbocycles. The molecule has 0 atom stereocenters. The van der Waals surface area contributed by atoms with Gasteiger partial charge in [0.05, 0.1) is 0 Å². The maximum atomic E-state index is 11.5. The number of fused-ring (bicyclic) bond motifs is 1. The summed E-state index contributed by atoms with van der Waals surface area (Å²) in [6.45, 7) is 9.97. The molecule has 0 amide bonds. The molecular weight excluding hydrogens is 212 g/mol. The molecule has 0 N–H and O–H groups in total. The van der Waals surface area contributed by atoms with Crippen LogP contribution in [0.2, 0.25) is 0 Å². The summed E-state index contributed by atoms with van der Waals surface area (Å²) in [4.78, 5) is 11.5. The Labute approximate surface area is 101 Å². The van der Waals surface area contributed by atoms with Gasteiger partial charge >= 0.3 is 5.63 Å². The van der Waals surface area contributed by atoms with E-state index in [1.165, 1.54) is 0 Å². The Bertz CT molecular complexity index is 633. The second kappa shape index (κ2) is 4.21. The summed E-state index contributed by atoms with van der Waals surface area (Å²) in [6, 6.07) is 7.46. The van der Waals surface area contributed by atoms with Crippen molar-refractivity contribution < 1.29 is 4.42 Å². The van der Waals surface area contributed by atoms with Gasteiger partial charge in [-0.25, -0.2) is 4.79 Å². The molecule has 88 valence electrons. The quantitative estimate of drug-likeness (QED) is 0.728. The lowest BCUT2D eigenvalue weighted by atomic mass is 9.98. The van der Waals surface area contributed by atoms with E-state index in [9.17, 15) is 4.79 Å². The molecule has 2 heteroatoms. The first-order chi connectivity index (χ1) is 7.99. The van der Waals surface area contributed by atoms with Gasteiger partial charge < -0.3 is 4.42 Å². The van der Waals surface area contributed by atoms with Crippen LogP contribution in [-0.4, -0.2) is 0 Å². The molecule has 2 nitrogen and oxygen atoms in total. The summed E-state index contributed by atoms with van der Waals surface area (Å²) < 4.78 is 5.25. The van der Waals surface area contributed by atoms with Crippen LogP contribution in [0.3, 0.4) is 0 Å². The van der Waals surface area contributed by atoms with E-state index in [0.29, 0.717) is 11.5 Å². The predicted octanol–water partition coefficient (Wildman–Crippen LogP) is 3.95. The minimum absolute atomic E-state index is 0.292. The van der Waals surface area contributed by atoms with Gasteiger partial charge in [-0.3, -0.25) is 0 Å². The van der Waals surface area contributed by atoms with Crippen molar-refractivity contribution in [3.05, 3.63) is 52.4 Å². The van der Waals surface area contributed by atoms with Gasteiger partial charge in [-0.15, -0.1) is 0 Å². The molecule has 1 heterocycles. The van der Waals surface area contributed by atoms with E-state index in [2.05, 4.69) is 20.4 Å². The van der Waals surface area contributed by atoms with Crippen molar-refractivity contribution in [2.24, 2.45) is 0 Å². The molecule has 0 spiro atoms. The molecule has 1 aromatic heterocycles. The molecule has 1 aromatic carbocycles. The SMILES string of the molecule is C=C(C)c1ccc2c(C(C)C)cc(=O)oc2c1. The third kappa shape index (κ3) is 2.16. The summed E-state index contributed by atoms with van der Waals surface area (Å²) in [5.74, 6) is 0.303. The number of hydrogen-bond donors (Lipinski definition) is 0. The largest absolute Gasteiger partial charge is 0.423 e. The molecule has 0 bridgehead atoms. The van der Waals surface area contributed by atoms with E-state index < -0.39 is 0 Å². The van der Waals surface area contributed by atoms with Gasteiger partial charge in [0, 0.05) is 11.5 Å². The molecule has 2 rings (SSSR count). The summed E-state index contributed by atoms with van der Waals surface area (Å²) in [5, 5.41) is 1.00. The Kier molecular flexibility index (Phi) is 2.88. The molecule has 0 aliphatic rings. The van der Waals surface area contributed by atoms with Crippen LogP contribution in [0.15, 0.2) is 40.1 Å². The van der Waals surface area contributed by atoms with Crippen LogP contribution in [0.1, 0.15) is 37.8 Å². The molecule has 2 aromatic rings. The van der Waals surface area contributed by atoms with Crippen molar-refractivity contribution >= 4 is 16.5 Å². The summed E-state index contributed by atoms with van der Waals surface area (Å²) in [5.41, 5.74) is 3.34. The first-order valence-corrected chi connectivity index (χ1v) is 5.72. The third-order valence-electron chi connectivity index (χ3n) is 2.89. The van der Waals surface area contributed by atoms with E-state index in [1.807, 2.05) is 25.1 Å². The lowest BCUT2D eigenvalue weighted by molar-refractivity contribution is 0.557.